The third kappa shape index (κ3) is 18.7. The van der Waals surface area contributed by atoms with Gasteiger partial charge in [-0.15, -0.1) is 0 Å². The first-order valence-corrected chi connectivity index (χ1v) is 36.1. The Kier molecular flexibility index (Phi) is 25.0. The van der Waals surface area contributed by atoms with Crippen LogP contribution in [0.5, 0.6) is 0 Å². The highest BCUT2D eigenvalue weighted by Gasteiger charge is 2.52. The second-order valence-electron chi connectivity index (χ2n) is 26.3. The summed E-state index contributed by atoms with van der Waals surface area (Å²) in [5.74, 6) is -0.00155. The average Bonchev–Trinajstić information content (AvgIpc) is 1.59. The van der Waals surface area contributed by atoms with Crippen LogP contribution in [0.3, 0.4) is 0 Å². The molecule has 3 unspecified atom stereocenters. The fraction of sp³-hybridized carbons (Fsp3) is 0.237. The number of likely N-dealkylation sites (tertiary alicyclic amines) is 3. The molecule has 11 N–H and O–H groups in total. The van der Waals surface area contributed by atoms with Gasteiger partial charge in [0.2, 0.25) is 0 Å². The number of hydrogen-bond donors (Lipinski definition) is 9. The lowest BCUT2D eigenvalue weighted by molar-refractivity contribution is -0.116. The zero-order valence-electron chi connectivity index (χ0n) is 60.5. The van der Waals surface area contributed by atoms with E-state index in [0.717, 1.165) is 23.2 Å². The highest BCUT2D eigenvalue weighted by Crippen LogP contribution is 2.35. The lowest BCUT2D eigenvalue weighted by Crippen LogP contribution is -2.50. The van der Waals surface area contributed by atoms with Crippen LogP contribution >= 0.6 is 23.2 Å². The minimum absolute atomic E-state index is 0.0368. The van der Waals surface area contributed by atoms with E-state index in [4.69, 9.17) is 48.9 Å². The SMILES string of the molecule is NC(=O)c1ccc(Cl)c(=O)[nH]1.Nc1ccncn1.O=C1CCN(C(=O)OCc2ccccc2)C1.O=C1NC2(CCN(C(=O)OCc3ccccc3)C2)n2c1ccc(Cl)c2=O.O=C1NC2(CCN(C(=O)OCc3ccccc3)C2)n2c1ccc(Nc1ccncn1)c2=O.O=C1NC2(CCNC2)n2c1ccc(Nc1ccncn1)c2=O. The van der Waals surface area contributed by atoms with Gasteiger partial charge in [0.05, 0.1) is 19.6 Å². The molecule has 0 aliphatic carbocycles. The van der Waals surface area contributed by atoms with E-state index in [0.29, 0.717) is 80.7 Å². The number of anilines is 5. The molecule has 3 spiro atoms. The molecule has 7 aromatic heterocycles. The summed E-state index contributed by atoms with van der Waals surface area (Å²) in [6, 6.07) is 45.2. The molecule has 36 nitrogen and oxygen atoms in total. The molecule has 4 fully saturated rings. The maximum Gasteiger partial charge on any atom is 0.410 e. The predicted octanol–water partition coefficient (Wildman–Crippen LogP) is 5.32. The number of pyridine rings is 4. The Morgan fingerprint density at radius 2 is 0.904 bits per heavy atom. The number of ketones is 1. The molecule has 0 saturated carbocycles. The van der Waals surface area contributed by atoms with E-state index in [1.54, 1.807) is 65.6 Å². The molecule has 3 atom stereocenters. The highest BCUT2D eigenvalue weighted by molar-refractivity contribution is 6.30. The van der Waals surface area contributed by atoms with Crippen LogP contribution in [0.4, 0.5) is 43.2 Å². The number of nitrogens with two attached hydrogens (primary N) is 2. The molecule has 17 rings (SSSR count). The number of aromatic amines is 1. The number of rotatable bonds is 11. The molecule has 7 aliphatic rings. The number of nitrogen functional groups attached to an aromatic ring is 1. The molecule has 7 amide bonds. The summed E-state index contributed by atoms with van der Waals surface area (Å²) in [5, 5.41) is 17.9. The summed E-state index contributed by atoms with van der Waals surface area (Å²) < 4.78 is 20.2. The molecular formula is C76H73Cl2N21O15. The van der Waals surface area contributed by atoms with Crippen LogP contribution < -0.4 is 65.6 Å². The van der Waals surface area contributed by atoms with Gasteiger partial charge in [0, 0.05) is 70.5 Å². The first kappa shape index (κ1) is 79.5. The molecule has 3 aromatic carbocycles. The third-order valence-electron chi connectivity index (χ3n) is 18.7. The Morgan fingerprint density at radius 1 is 0.474 bits per heavy atom. The van der Waals surface area contributed by atoms with Crippen LogP contribution in [0, 0.1) is 0 Å². The van der Waals surface area contributed by atoms with E-state index < -0.39 is 52.3 Å². The van der Waals surface area contributed by atoms with Crippen LogP contribution in [0.2, 0.25) is 10.0 Å². The quantitative estimate of drug-likeness (QED) is 0.0740. The number of Topliss-reactive ketones (excluding diaryl/α,β-unsaturated/α-hetero) is 1. The van der Waals surface area contributed by atoms with Gasteiger partial charge in [0.1, 0.15) is 117 Å². The summed E-state index contributed by atoms with van der Waals surface area (Å²) >= 11 is 11.3. The van der Waals surface area contributed by atoms with Crippen LogP contribution in [0.15, 0.2) is 214 Å². The van der Waals surface area contributed by atoms with Gasteiger partial charge in [-0.05, 0) is 90.0 Å². The topological polar surface area (TPSA) is 474 Å². The molecule has 38 heteroatoms. The second kappa shape index (κ2) is 35.8. The first-order chi connectivity index (χ1) is 55.0. The Balaban J connectivity index is 0.000000133. The van der Waals surface area contributed by atoms with Gasteiger partial charge in [-0.3, -0.25) is 56.9 Å². The highest BCUT2D eigenvalue weighted by atomic mass is 35.5. The molecule has 14 heterocycles. The lowest BCUT2D eigenvalue weighted by Gasteiger charge is -2.27. The number of carbonyl (C=O) groups excluding carboxylic acids is 8. The van der Waals surface area contributed by atoms with Crippen molar-refractivity contribution in [3.8, 4) is 0 Å². The summed E-state index contributed by atoms with van der Waals surface area (Å²) in [4.78, 5) is 174. The number of halogens is 2. The standard InChI is InChI=1S/C22H20N6O4.C18H16ClN3O4.C14H14N6O2.C12H13NO3.C6H5ClN2O2.C4H5N3/c29-19-17-7-6-16(25-18-8-10-23-14-24-18)20(30)28(17)22(26-19)9-11-27(13-22)21(31)32-12-15-4-2-1-3-5-15;19-13-6-7-14-15(23)20-18(22(14)16(13)24)8-9-21(11-18)17(25)26-10-12-4-2-1-3-5-12;21-12-10-2-1-9(18-11-3-5-16-8-17-11)13(22)20(10)14(19-12)4-6-15-7-14;14-11-6-7-13(8-11)12(15)16-9-10-4-2-1-3-5-10;7-3-1-2-4(5(8)10)9-6(3)11;5-4-1-2-6-3-7-4/h1-8,10,14H,9,11-13H2,(H,26,29)(H,23,24,25);1-7H,8-11H2,(H,20,23);1-3,5,8,15H,4,6-7H2,(H,19,21)(H,16,17,18);1-5H,6-9H2;1-2H,(H2,8,10)(H,9,11);1-3H,(H2,5,6,7). The van der Waals surface area contributed by atoms with Crippen molar-refractivity contribution in [1.82, 2.24) is 84.6 Å². The summed E-state index contributed by atoms with van der Waals surface area (Å²) in [7, 11) is 0. The van der Waals surface area contributed by atoms with E-state index in [2.05, 4.69) is 66.8 Å². The van der Waals surface area contributed by atoms with Crippen LogP contribution in [-0.4, -0.2) is 163 Å². The Hall–Kier alpha value is -14.0. The van der Waals surface area contributed by atoms with E-state index in [9.17, 15) is 57.5 Å². The van der Waals surface area contributed by atoms with Gasteiger partial charge in [0.25, 0.3) is 45.9 Å². The average molecular weight is 1590 g/mol. The number of benzene rings is 3. The summed E-state index contributed by atoms with van der Waals surface area (Å²) in [6.07, 6.45) is 9.48. The van der Waals surface area contributed by atoms with Crippen LogP contribution in [0.25, 0.3) is 0 Å². The minimum atomic E-state index is -1.02. The zero-order chi connectivity index (χ0) is 80.5. The normalized spacial score (nSPS) is 18.1. The van der Waals surface area contributed by atoms with E-state index >= 15 is 0 Å². The number of ether oxygens (including phenoxy) is 3. The van der Waals surface area contributed by atoms with Crippen molar-refractivity contribution in [3.05, 3.63) is 286 Å². The Bertz CT molecular complexity index is 5460. The molecular weight excluding hydrogens is 1520 g/mol. The van der Waals surface area contributed by atoms with Gasteiger partial charge >= 0.3 is 18.3 Å². The fourth-order valence-electron chi connectivity index (χ4n) is 13.1. The predicted molar refractivity (Wildman–Crippen MR) is 412 cm³/mol. The largest absolute Gasteiger partial charge is 0.445 e. The number of fused-ring (bicyclic) bond motifs is 6. The number of amides is 7. The second-order valence-corrected chi connectivity index (χ2v) is 27.1. The monoisotopic (exact) mass is 1590 g/mol. The van der Waals surface area contributed by atoms with Crippen molar-refractivity contribution < 1.29 is 52.6 Å². The first-order valence-electron chi connectivity index (χ1n) is 35.3. The number of hydrogen-bond acceptors (Lipinski definition) is 25. The maximum absolute atomic E-state index is 13.3. The number of aromatic nitrogens is 10. The van der Waals surface area contributed by atoms with Gasteiger partial charge in [0.15, 0.2) is 5.78 Å². The zero-order valence-corrected chi connectivity index (χ0v) is 62.0. The Morgan fingerprint density at radius 3 is 1.30 bits per heavy atom. The lowest BCUT2D eigenvalue weighted by atomic mass is 10.1. The van der Waals surface area contributed by atoms with Gasteiger partial charge in [-0.1, -0.05) is 114 Å². The number of H-pyrrole nitrogens is 1. The number of nitrogens with zero attached hydrogens (tertiary/aromatic N) is 12. The van der Waals surface area contributed by atoms with Crippen LogP contribution in [0.1, 0.15) is 84.3 Å². The van der Waals surface area contributed by atoms with Crippen LogP contribution in [-0.2, 0) is 55.8 Å². The molecule has 586 valence electrons. The van der Waals surface area contributed by atoms with Crippen molar-refractivity contribution in [2.75, 3.05) is 68.7 Å². The molecule has 0 bridgehead atoms. The number of carbonyl (C=O) groups is 8. The van der Waals surface area contributed by atoms with E-state index in [1.165, 1.54) is 67.1 Å². The fourth-order valence-corrected chi connectivity index (χ4v) is 13.4. The molecule has 7 aliphatic heterocycles. The van der Waals surface area contributed by atoms with Gasteiger partial charge in [-0.25, -0.2) is 44.3 Å². The van der Waals surface area contributed by atoms with Crippen molar-refractivity contribution in [2.45, 2.75) is 62.5 Å². The van der Waals surface area contributed by atoms with E-state index in [1.807, 2.05) is 91.0 Å². The molecule has 10 aromatic rings. The maximum atomic E-state index is 13.3. The number of nitrogens with one attached hydrogen (secondary N) is 7. The smallest absolute Gasteiger partial charge is 0.410 e. The van der Waals surface area contributed by atoms with Crippen molar-refractivity contribution in [1.29, 1.82) is 0 Å². The summed E-state index contributed by atoms with van der Waals surface area (Å²) in [6.45, 7) is 3.55. The Labute approximate surface area is 656 Å². The van der Waals surface area contributed by atoms with Gasteiger partial charge < -0.3 is 77.3 Å². The molecule has 4 saturated heterocycles. The van der Waals surface area contributed by atoms with E-state index in [-0.39, 0.29) is 107 Å². The summed E-state index contributed by atoms with van der Waals surface area (Å²) in [5.41, 5.74) is 10.2. The molecule has 0 radical (unpaired) electrons. The van der Waals surface area contributed by atoms with Crippen molar-refractivity contribution >= 4 is 99.7 Å². The minimum Gasteiger partial charge on any atom is -0.445 e. The van der Waals surface area contributed by atoms with Crippen molar-refractivity contribution in [3.63, 3.8) is 0 Å². The third-order valence-corrected chi connectivity index (χ3v) is 19.3. The number of primary amides is 1. The van der Waals surface area contributed by atoms with Gasteiger partial charge in [-0.2, -0.15) is 0 Å². The van der Waals surface area contributed by atoms with Crippen molar-refractivity contribution in [2.24, 2.45) is 5.73 Å². The molecule has 114 heavy (non-hydrogen) atoms.